The highest BCUT2D eigenvalue weighted by atomic mass is 32.2. The normalized spacial score (nSPS) is 14.6. The molecule has 5 heteroatoms. The second-order valence-electron chi connectivity index (χ2n) is 2.17. The summed E-state index contributed by atoms with van der Waals surface area (Å²) in [5.41, 5.74) is 7.64. The third-order valence-corrected chi connectivity index (χ3v) is 2.20. The number of guanidine groups is 1. The van der Waals surface area contributed by atoms with Crippen LogP contribution in [0.15, 0.2) is 4.99 Å². The van der Waals surface area contributed by atoms with Crippen LogP contribution in [-0.2, 0) is 0 Å². The van der Waals surface area contributed by atoms with E-state index in [0.29, 0.717) is 5.96 Å². The molecular weight excluding hydrogens is 160 g/mol. The molecule has 0 bridgehead atoms. The molecule has 0 radical (unpaired) electrons. The van der Waals surface area contributed by atoms with Gasteiger partial charge in [0.25, 0.3) is 0 Å². The maximum absolute atomic E-state index is 5.35. The van der Waals surface area contributed by atoms with E-state index in [-0.39, 0.29) is 6.04 Å². The molecule has 5 N–H and O–H groups in total. The van der Waals surface area contributed by atoms with Crippen molar-refractivity contribution < 1.29 is 0 Å². The van der Waals surface area contributed by atoms with Crippen LogP contribution in [0.5, 0.6) is 0 Å². The largest absolute Gasteiger partial charge is 0.369 e. The Kier molecular flexibility index (Phi) is 6.06. The lowest BCUT2D eigenvalue weighted by atomic mass is 10.4. The summed E-state index contributed by atoms with van der Waals surface area (Å²) < 4.78 is 0. The summed E-state index contributed by atoms with van der Waals surface area (Å²) >= 11 is 1.84. The highest BCUT2D eigenvalue weighted by Gasteiger charge is 1.98. The molecule has 0 aromatic heterocycles. The molecule has 0 aromatic rings. The van der Waals surface area contributed by atoms with Crippen LogP contribution in [0.1, 0.15) is 13.8 Å². The molecule has 1 unspecified atom stereocenters. The number of hydrazine groups is 1. The van der Waals surface area contributed by atoms with Gasteiger partial charge in [-0.2, -0.15) is 11.8 Å². The summed E-state index contributed by atoms with van der Waals surface area (Å²) in [6.07, 6.45) is 0. The van der Waals surface area contributed by atoms with Gasteiger partial charge in [0, 0.05) is 5.75 Å². The van der Waals surface area contributed by atoms with Crippen molar-refractivity contribution in [1.29, 1.82) is 0 Å². The van der Waals surface area contributed by atoms with E-state index in [1.807, 2.05) is 18.7 Å². The van der Waals surface area contributed by atoms with E-state index >= 15 is 0 Å². The van der Waals surface area contributed by atoms with Gasteiger partial charge in [-0.15, -0.1) is 0 Å². The van der Waals surface area contributed by atoms with Crippen molar-refractivity contribution in [3.8, 4) is 0 Å². The number of nitrogens with two attached hydrogens (primary N) is 2. The van der Waals surface area contributed by atoms with Crippen molar-refractivity contribution in [2.45, 2.75) is 19.9 Å². The lowest BCUT2D eigenvalue weighted by Crippen LogP contribution is -2.38. The number of rotatable bonds is 4. The Bertz CT molecular complexity index is 126. The van der Waals surface area contributed by atoms with Crippen molar-refractivity contribution in [2.75, 3.05) is 11.5 Å². The molecule has 0 fully saturated rings. The van der Waals surface area contributed by atoms with Gasteiger partial charge in [-0.3, -0.25) is 5.43 Å². The number of aliphatic imine (C=N–C) groups is 1. The van der Waals surface area contributed by atoms with Crippen LogP contribution >= 0.6 is 11.8 Å². The molecule has 0 aromatic carbocycles. The zero-order valence-electron chi connectivity index (χ0n) is 7.00. The van der Waals surface area contributed by atoms with Gasteiger partial charge >= 0.3 is 0 Å². The summed E-state index contributed by atoms with van der Waals surface area (Å²) in [4.78, 5) is 4.07. The number of nitrogens with zero attached hydrogens (tertiary/aromatic N) is 1. The van der Waals surface area contributed by atoms with Gasteiger partial charge in [0.05, 0.1) is 6.04 Å². The molecular formula is C6H16N4S. The van der Waals surface area contributed by atoms with Crippen LogP contribution in [0.3, 0.4) is 0 Å². The molecule has 0 spiro atoms. The third kappa shape index (κ3) is 6.00. The quantitative estimate of drug-likeness (QED) is 0.242. The van der Waals surface area contributed by atoms with Crippen LogP contribution in [0, 0.1) is 0 Å². The summed E-state index contributed by atoms with van der Waals surface area (Å²) in [5.74, 6) is 7.43. The summed E-state index contributed by atoms with van der Waals surface area (Å²) in [5, 5.41) is 0. The first-order valence-electron chi connectivity index (χ1n) is 3.58. The minimum Gasteiger partial charge on any atom is -0.369 e. The molecule has 11 heavy (non-hydrogen) atoms. The Labute approximate surface area is 71.8 Å². The fourth-order valence-electron chi connectivity index (χ4n) is 0.600. The van der Waals surface area contributed by atoms with Gasteiger partial charge in [0.15, 0.2) is 0 Å². The maximum atomic E-state index is 5.35. The van der Waals surface area contributed by atoms with Crippen LogP contribution < -0.4 is 17.0 Å². The fraction of sp³-hybridized carbons (Fsp3) is 0.833. The van der Waals surface area contributed by atoms with Gasteiger partial charge in [-0.25, -0.2) is 10.8 Å². The Balaban J connectivity index is 3.57. The maximum Gasteiger partial charge on any atom is 0.203 e. The van der Waals surface area contributed by atoms with Crippen molar-refractivity contribution in [2.24, 2.45) is 16.6 Å². The molecule has 0 aliphatic carbocycles. The average molecular weight is 176 g/mol. The van der Waals surface area contributed by atoms with E-state index in [0.717, 1.165) is 11.5 Å². The van der Waals surface area contributed by atoms with Crippen molar-refractivity contribution in [1.82, 2.24) is 5.43 Å². The van der Waals surface area contributed by atoms with E-state index in [9.17, 15) is 0 Å². The van der Waals surface area contributed by atoms with Crippen LogP contribution in [0.2, 0.25) is 0 Å². The van der Waals surface area contributed by atoms with E-state index in [1.165, 1.54) is 0 Å². The standard InChI is InChI=1S/C6H16N4S/c1-3-11-4-5(2)9-6(7)10-8/h5H,3-4,8H2,1-2H3,(H3,7,9,10). The smallest absolute Gasteiger partial charge is 0.203 e. The van der Waals surface area contributed by atoms with Gasteiger partial charge in [0.1, 0.15) is 0 Å². The van der Waals surface area contributed by atoms with Crippen LogP contribution in [0.4, 0.5) is 0 Å². The van der Waals surface area contributed by atoms with Crippen LogP contribution in [-0.4, -0.2) is 23.5 Å². The van der Waals surface area contributed by atoms with E-state index < -0.39 is 0 Å². The average Bonchev–Trinajstić information content (AvgIpc) is 2.00. The second-order valence-corrected chi connectivity index (χ2v) is 3.49. The Morgan fingerprint density at radius 1 is 1.73 bits per heavy atom. The van der Waals surface area contributed by atoms with Gasteiger partial charge in [-0.1, -0.05) is 6.92 Å². The monoisotopic (exact) mass is 176 g/mol. The molecule has 0 aliphatic heterocycles. The first-order chi connectivity index (χ1) is 5.20. The molecule has 0 saturated heterocycles. The SMILES string of the molecule is CCSCC(C)N=C(N)NN. The van der Waals surface area contributed by atoms with Gasteiger partial charge in [-0.05, 0) is 12.7 Å². The third-order valence-electron chi connectivity index (χ3n) is 1.07. The van der Waals surface area contributed by atoms with E-state index in [2.05, 4.69) is 17.3 Å². The first kappa shape index (κ1) is 10.6. The Hall–Kier alpha value is -0.420. The lowest BCUT2D eigenvalue weighted by molar-refractivity contribution is 0.826. The highest BCUT2D eigenvalue weighted by Crippen LogP contribution is 2.03. The lowest BCUT2D eigenvalue weighted by Gasteiger charge is -2.05. The second kappa shape index (κ2) is 6.30. The van der Waals surface area contributed by atoms with E-state index in [4.69, 9.17) is 11.6 Å². The van der Waals surface area contributed by atoms with E-state index in [1.54, 1.807) is 0 Å². The fourth-order valence-corrected chi connectivity index (χ4v) is 1.25. The predicted molar refractivity (Wildman–Crippen MR) is 51.4 cm³/mol. The number of hydrogen-bond acceptors (Lipinski definition) is 3. The van der Waals surface area contributed by atoms with Crippen molar-refractivity contribution >= 4 is 17.7 Å². The topological polar surface area (TPSA) is 76.4 Å². The van der Waals surface area contributed by atoms with Crippen molar-refractivity contribution in [3.63, 3.8) is 0 Å². The zero-order chi connectivity index (χ0) is 8.69. The molecule has 0 aliphatic rings. The van der Waals surface area contributed by atoms with Crippen molar-refractivity contribution in [3.05, 3.63) is 0 Å². The Morgan fingerprint density at radius 3 is 2.82 bits per heavy atom. The van der Waals surface area contributed by atoms with Crippen LogP contribution in [0.25, 0.3) is 0 Å². The molecule has 4 nitrogen and oxygen atoms in total. The van der Waals surface area contributed by atoms with Gasteiger partial charge in [0.2, 0.25) is 5.96 Å². The molecule has 0 rings (SSSR count). The summed E-state index contributed by atoms with van der Waals surface area (Å²) in [6.45, 7) is 4.12. The molecule has 0 amide bonds. The first-order valence-corrected chi connectivity index (χ1v) is 4.73. The number of thioether (sulfide) groups is 1. The summed E-state index contributed by atoms with van der Waals surface area (Å²) in [6, 6.07) is 0.232. The highest BCUT2D eigenvalue weighted by molar-refractivity contribution is 7.99. The number of nitrogens with one attached hydrogen (secondary N) is 1. The minimum atomic E-state index is 0.232. The Morgan fingerprint density at radius 2 is 2.36 bits per heavy atom. The summed E-state index contributed by atoms with van der Waals surface area (Å²) in [7, 11) is 0. The zero-order valence-corrected chi connectivity index (χ0v) is 7.82. The molecule has 0 saturated carbocycles. The molecule has 0 heterocycles. The number of hydrogen-bond donors (Lipinski definition) is 3. The molecule has 66 valence electrons. The predicted octanol–water partition coefficient (Wildman–Crippen LogP) is -0.0940. The minimum absolute atomic E-state index is 0.232. The molecule has 1 atom stereocenters. The van der Waals surface area contributed by atoms with Gasteiger partial charge < -0.3 is 5.73 Å².